The second kappa shape index (κ2) is 6.71. The molecule has 23 heavy (non-hydrogen) atoms. The minimum Gasteiger partial charge on any atom is -0.375 e. The van der Waals surface area contributed by atoms with E-state index in [1.165, 1.54) is 19.3 Å². The average Bonchev–Trinajstić information content (AvgIpc) is 2.55. The van der Waals surface area contributed by atoms with E-state index in [9.17, 15) is 9.59 Å². The maximum absolute atomic E-state index is 12.4. The predicted molar refractivity (Wildman–Crippen MR) is 87.2 cm³/mol. The summed E-state index contributed by atoms with van der Waals surface area (Å²) in [5.41, 5.74) is 6.16. The number of hydrogen-bond donors (Lipinski definition) is 2. The molecular weight excluding hydrogens is 292 g/mol. The van der Waals surface area contributed by atoms with Crippen molar-refractivity contribution in [2.75, 3.05) is 6.61 Å². The second-order valence-electron chi connectivity index (χ2n) is 6.70. The lowest BCUT2D eigenvalue weighted by Crippen LogP contribution is -2.49. The summed E-state index contributed by atoms with van der Waals surface area (Å²) in [5, 5.41) is 3.12. The summed E-state index contributed by atoms with van der Waals surface area (Å²) in [4.78, 5) is 23.5. The van der Waals surface area contributed by atoms with Crippen LogP contribution in [0.1, 0.15) is 65.7 Å². The van der Waals surface area contributed by atoms with E-state index < -0.39 is 5.91 Å². The van der Waals surface area contributed by atoms with Crippen LogP contribution >= 0.6 is 0 Å². The molecule has 124 valence electrons. The lowest BCUT2D eigenvalue weighted by Gasteiger charge is -2.43. The van der Waals surface area contributed by atoms with E-state index in [0.29, 0.717) is 17.7 Å². The zero-order chi connectivity index (χ0) is 16.3. The SMILES string of the molecule is NC(=O)c1ccc(C(=O)N[C@H]2CCOC3(CCCCC3)C2)cc1. The molecule has 0 aromatic heterocycles. The van der Waals surface area contributed by atoms with E-state index in [1.54, 1.807) is 24.3 Å². The average molecular weight is 316 g/mol. The summed E-state index contributed by atoms with van der Waals surface area (Å²) in [6.07, 6.45) is 7.68. The van der Waals surface area contributed by atoms with Crippen LogP contribution < -0.4 is 11.1 Å². The smallest absolute Gasteiger partial charge is 0.251 e. The van der Waals surface area contributed by atoms with Crippen molar-refractivity contribution in [2.45, 2.75) is 56.6 Å². The number of nitrogens with one attached hydrogen (secondary N) is 1. The molecule has 1 saturated carbocycles. The van der Waals surface area contributed by atoms with Crippen molar-refractivity contribution in [1.82, 2.24) is 5.32 Å². The maximum atomic E-state index is 12.4. The molecule has 1 aromatic rings. The van der Waals surface area contributed by atoms with Gasteiger partial charge in [0.1, 0.15) is 0 Å². The van der Waals surface area contributed by atoms with Crippen molar-refractivity contribution in [3.05, 3.63) is 35.4 Å². The highest BCUT2D eigenvalue weighted by atomic mass is 16.5. The van der Waals surface area contributed by atoms with Crippen LogP contribution in [0.15, 0.2) is 24.3 Å². The fraction of sp³-hybridized carbons (Fsp3) is 0.556. The Hall–Kier alpha value is -1.88. The van der Waals surface area contributed by atoms with E-state index in [2.05, 4.69) is 5.32 Å². The number of benzene rings is 1. The number of rotatable bonds is 3. The molecule has 1 aliphatic heterocycles. The molecule has 1 saturated heterocycles. The maximum Gasteiger partial charge on any atom is 0.251 e. The van der Waals surface area contributed by atoms with E-state index in [1.807, 2.05) is 0 Å². The van der Waals surface area contributed by atoms with Gasteiger partial charge >= 0.3 is 0 Å². The van der Waals surface area contributed by atoms with E-state index >= 15 is 0 Å². The zero-order valence-corrected chi connectivity index (χ0v) is 13.3. The number of ether oxygens (including phenoxy) is 1. The van der Waals surface area contributed by atoms with E-state index in [4.69, 9.17) is 10.5 Å². The van der Waals surface area contributed by atoms with Crippen LogP contribution in [0.3, 0.4) is 0 Å². The molecule has 2 fully saturated rings. The zero-order valence-electron chi connectivity index (χ0n) is 13.3. The molecule has 2 amide bonds. The summed E-state index contributed by atoms with van der Waals surface area (Å²) < 4.78 is 6.06. The number of amides is 2. The fourth-order valence-electron chi connectivity index (χ4n) is 3.75. The van der Waals surface area contributed by atoms with Gasteiger partial charge in [0.25, 0.3) is 5.91 Å². The first-order valence-corrected chi connectivity index (χ1v) is 8.43. The molecule has 5 heteroatoms. The van der Waals surface area contributed by atoms with Crippen molar-refractivity contribution in [2.24, 2.45) is 5.73 Å². The summed E-state index contributed by atoms with van der Waals surface area (Å²) in [5.74, 6) is -0.584. The van der Waals surface area contributed by atoms with Gasteiger partial charge in [-0.3, -0.25) is 9.59 Å². The number of carbonyl (C=O) groups excluding carboxylic acids is 2. The van der Waals surface area contributed by atoms with Gasteiger partial charge in [-0.1, -0.05) is 19.3 Å². The molecule has 1 aliphatic carbocycles. The van der Waals surface area contributed by atoms with Gasteiger partial charge in [0.15, 0.2) is 0 Å². The highest BCUT2D eigenvalue weighted by molar-refractivity contribution is 5.97. The fourth-order valence-corrected chi connectivity index (χ4v) is 3.75. The van der Waals surface area contributed by atoms with Crippen molar-refractivity contribution in [3.63, 3.8) is 0 Å². The molecule has 2 aliphatic rings. The first kappa shape index (κ1) is 16.0. The predicted octanol–water partition coefficient (Wildman–Crippen LogP) is 2.40. The summed E-state index contributed by atoms with van der Waals surface area (Å²) in [7, 11) is 0. The van der Waals surface area contributed by atoms with Crippen LogP contribution in [0.4, 0.5) is 0 Å². The summed E-state index contributed by atoms with van der Waals surface area (Å²) in [6, 6.07) is 6.62. The summed E-state index contributed by atoms with van der Waals surface area (Å²) >= 11 is 0. The molecular formula is C18H24N2O3. The highest BCUT2D eigenvalue weighted by Gasteiger charge is 2.38. The van der Waals surface area contributed by atoms with Crippen molar-refractivity contribution < 1.29 is 14.3 Å². The van der Waals surface area contributed by atoms with Crippen molar-refractivity contribution in [3.8, 4) is 0 Å². The molecule has 5 nitrogen and oxygen atoms in total. The standard InChI is InChI=1S/C18H24N2O3/c19-16(21)13-4-6-14(7-5-13)17(22)20-15-8-11-23-18(12-15)9-2-1-3-10-18/h4-7,15H,1-3,8-12H2,(H2,19,21)(H,20,22)/t15-/m0/s1. The van der Waals surface area contributed by atoms with Crippen LogP contribution in [0.2, 0.25) is 0 Å². The van der Waals surface area contributed by atoms with Gasteiger partial charge in [-0.25, -0.2) is 0 Å². The third-order valence-electron chi connectivity index (χ3n) is 5.02. The second-order valence-corrected chi connectivity index (χ2v) is 6.70. The van der Waals surface area contributed by atoms with Gasteiger partial charge < -0.3 is 15.8 Å². The number of nitrogens with two attached hydrogens (primary N) is 1. The molecule has 0 unspecified atom stereocenters. The molecule has 1 atom stereocenters. The molecule has 1 aromatic carbocycles. The van der Waals surface area contributed by atoms with Gasteiger partial charge in [-0.05, 0) is 49.9 Å². The molecule has 3 rings (SSSR count). The van der Waals surface area contributed by atoms with Crippen LogP contribution in [0, 0.1) is 0 Å². The molecule has 3 N–H and O–H groups in total. The number of primary amides is 1. The first-order valence-electron chi connectivity index (χ1n) is 8.43. The molecule has 0 bridgehead atoms. The normalized spacial score (nSPS) is 23.4. The Morgan fingerprint density at radius 1 is 1.09 bits per heavy atom. The van der Waals surface area contributed by atoms with Crippen LogP contribution in [0.25, 0.3) is 0 Å². The lowest BCUT2D eigenvalue weighted by molar-refractivity contribution is -0.107. The van der Waals surface area contributed by atoms with Crippen LogP contribution in [-0.2, 0) is 4.74 Å². The Labute approximate surface area is 136 Å². The molecule has 0 radical (unpaired) electrons. The Bertz CT molecular complexity index is 571. The molecule has 1 heterocycles. The largest absolute Gasteiger partial charge is 0.375 e. The Morgan fingerprint density at radius 2 is 1.74 bits per heavy atom. The van der Waals surface area contributed by atoms with E-state index in [0.717, 1.165) is 25.7 Å². The van der Waals surface area contributed by atoms with Crippen LogP contribution in [0.5, 0.6) is 0 Å². The Morgan fingerprint density at radius 3 is 2.39 bits per heavy atom. The monoisotopic (exact) mass is 316 g/mol. The minimum atomic E-state index is -0.486. The topological polar surface area (TPSA) is 81.4 Å². The Kier molecular flexibility index (Phi) is 4.66. The Balaban J connectivity index is 1.61. The van der Waals surface area contributed by atoms with Gasteiger partial charge in [0.05, 0.1) is 5.60 Å². The van der Waals surface area contributed by atoms with Gasteiger partial charge in [0, 0.05) is 23.8 Å². The lowest BCUT2D eigenvalue weighted by atomic mass is 9.78. The minimum absolute atomic E-state index is 0.0235. The van der Waals surface area contributed by atoms with Crippen molar-refractivity contribution in [1.29, 1.82) is 0 Å². The highest BCUT2D eigenvalue weighted by Crippen LogP contribution is 2.38. The van der Waals surface area contributed by atoms with Crippen molar-refractivity contribution >= 4 is 11.8 Å². The molecule has 1 spiro atoms. The third kappa shape index (κ3) is 3.72. The number of carbonyl (C=O) groups is 2. The van der Waals surface area contributed by atoms with Gasteiger partial charge in [-0.15, -0.1) is 0 Å². The quantitative estimate of drug-likeness (QED) is 0.898. The van der Waals surface area contributed by atoms with Crippen LogP contribution in [-0.4, -0.2) is 30.1 Å². The van der Waals surface area contributed by atoms with Gasteiger partial charge in [0.2, 0.25) is 5.91 Å². The third-order valence-corrected chi connectivity index (χ3v) is 5.02. The first-order chi connectivity index (χ1) is 11.1. The summed E-state index contributed by atoms with van der Waals surface area (Å²) in [6.45, 7) is 0.714. The number of hydrogen-bond acceptors (Lipinski definition) is 3. The van der Waals surface area contributed by atoms with E-state index in [-0.39, 0.29) is 17.6 Å². The van der Waals surface area contributed by atoms with Gasteiger partial charge in [-0.2, -0.15) is 0 Å².